The van der Waals surface area contributed by atoms with Crippen molar-refractivity contribution in [2.75, 3.05) is 7.05 Å². The molecule has 0 aromatic heterocycles. The Hall–Kier alpha value is -1.32. The van der Waals surface area contributed by atoms with Crippen LogP contribution in [-0.4, -0.2) is 35.0 Å². The van der Waals surface area contributed by atoms with Crippen LogP contribution in [0.5, 0.6) is 0 Å². The Morgan fingerprint density at radius 3 is 2.62 bits per heavy atom. The summed E-state index contributed by atoms with van der Waals surface area (Å²) in [6, 6.07) is -0.696. The second kappa shape index (κ2) is 5.68. The normalized spacial score (nSPS) is 21.5. The Labute approximate surface area is 95.9 Å². The molecule has 4 heteroatoms. The Morgan fingerprint density at radius 2 is 2.19 bits per heavy atom. The van der Waals surface area contributed by atoms with Gasteiger partial charge < -0.3 is 10.0 Å². The van der Waals surface area contributed by atoms with Gasteiger partial charge in [-0.1, -0.05) is 19.1 Å². The molecule has 0 bridgehead atoms. The zero-order valence-electron chi connectivity index (χ0n) is 9.85. The van der Waals surface area contributed by atoms with Crippen LogP contribution < -0.4 is 0 Å². The van der Waals surface area contributed by atoms with Crippen LogP contribution >= 0.6 is 0 Å². The molecule has 0 saturated carbocycles. The summed E-state index contributed by atoms with van der Waals surface area (Å²) in [7, 11) is 1.59. The smallest absolute Gasteiger partial charge is 0.326 e. The quantitative estimate of drug-likeness (QED) is 0.740. The summed E-state index contributed by atoms with van der Waals surface area (Å²) < 4.78 is 0. The SMILES string of the molecule is CCC(C(=O)O)N(C)C(=O)C1CC=CCC1. The maximum Gasteiger partial charge on any atom is 0.326 e. The number of likely N-dealkylation sites (N-methyl/N-ethyl adjacent to an activating group) is 1. The first-order valence-electron chi connectivity index (χ1n) is 5.72. The zero-order chi connectivity index (χ0) is 12.1. The zero-order valence-corrected chi connectivity index (χ0v) is 9.85. The molecule has 16 heavy (non-hydrogen) atoms. The number of carbonyl (C=O) groups excluding carboxylic acids is 1. The minimum atomic E-state index is -0.926. The van der Waals surface area contributed by atoms with Gasteiger partial charge >= 0.3 is 5.97 Å². The van der Waals surface area contributed by atoms with E-state index in [0.29, 0.717) is 6.42 Å². The van der Waals surface area contributed by atoms with Crippen molar-refractivity contribution in [3.63, 3.8) is 0 Å². The Morgan fingerprint density at radius 1 is 1.50 bits per heavy atom. The molecule has 2 atom stereocenters. The van der Waals surface area contributed by atoms with Gasteiger partial charge in [0.05, 0.1) is 0 Å². The van der Waals surface area contributed by atoms with E-state index in [9.17, 15) is 9.59 Å². The topological polar surface area (TPSA) is 57.6 Å². The fourth-order valence-electron chi connectivity index (χ4n) is 2.07. The van der Waals surface area contributed by atoms with E-state index >= 15 is 0 Å². The molecular formula is C12H19NO3. The summed E-state index contributed by atoms with van der Waals surface area (Å²) in [5.41, 5.74) is 0. The molecule has 0 aliphatic heterocycles. The monoisotopic (exact) mass is 225 g/mol. The summed E-state index contributed by atoms with van der Waals surface area (Å²) in [5.74, 6) is -1.01. The van der Waals surface area contributed by atoms with Crippen molar-refractivity contribution in [2.45, 2.75) is 38.6 Å². The van der Waals surface area contributed by atoms with E-state index in [4.69, 9.17) is 5.11 Å². The van der Waals surface area contributed by atoms with Crippen molar-refractivity contribution in [3.8, 4) is 0 Å². The highest BCUT2D eigenvalue weighted by molar-refractivity contribution is 5.85. The number of amides is 1. The van der Waals surface area contributed by atoms with Crippen LogP contribution in [0, 0.1) is 5.92 Å². The molecule has 0 fully saturated rings. The number of rotatable bonds is 4. The van der Waals surface area contributed by atoms with Crippen LogP contribution in [0.4, 0.5) is 0 Å². The lowest BCUT2D eigenvalue weighted by Crippen LogP contribution is -2.44. The molecule has 4 nitrogen and oxygen atoms in total. The van der Waals surface area contributed by atoms with Crippen molar-refractivity contribution >= 4 is 11.9 Å². The first-order valence-corrected chi connectivity index (χ1v) is 5.72. The molecule has 1 aliphatic carbocycles. The van der Waals surface area contributed by atoms with Gasteiger partial charge in [0.15, 0.2) is 0 Å². The van der Waals surface area contributed by atoms with Crippen LogP contribution in [0.2, 0.25) is 0 Å². The molecule has 0 spiro atoms. The average Bonchev–Trinajstić information content (AvgIpc) is 2.29. The molecule has 1 amide bonds. The number of carbonyl (C=O) groups is 2. The fraction of sp³-hybridized carbons (Fsp3) is 0.667. The number of carboxylic acid groups (broad SMARTS) is 1. The molecule has 2 unspecified atom stereocenters. The number of hydrogen-bond donors (Lipinski definition) is 1. The lowest BCUT2D eigenvalue weighted by Gasteiger charge is -2.28. The first kappa shape index (κ1) is 12.7. The minimum absolute atomic E-state index is 0.0385. The summed E-state index contributed by atoms with van der Waals surface area (Å²) in [6.07, 6.45) is 6.99. The Balaban J connectivity index is 2.64. The van der Waals surface area contributed by atoms with Gasteiger partial charge in [0.1, 0.15) is 6.04 Å². The summed E-state index contributed by atoms with van der Waals surface area (Å²) in [6.45, 7) is 1.78. The van der Waals surface area contributed by atoms with E-state index in [1.165, 1.54) is 4.90 Å². The molecule has 1 aliphatic rings. The van der Waals surface area contributed by atoms with Gasteiger partial charge in [-0.05, 0) is 25.7 Å². The highest BCUT2D eigenvalue weighted by atomic mass is 16.4. The van der Waals surface area contributed by atoms with Crippen molar-refractivity contribution in [1.82, 2.24) is 4.90 Å². The van der Waals surface area contributed by atoms with E-state index in [1.807, 2.05) is 6.08 Å². The van der Waals surface area contributed by atoms with Gasteiger partial charge in [-0.2, -0.15) is 0 Å². The number of carboxylic acids is 1. The van der Waals surface area contributed by atoms with E-state index in [1.54, 1.807) is 14.0 Å². The number of hydrogen-bond acceptors (Lipinski definition) is 2. The van der Waals surface area contributed by atoms with E-state index in [-0.39, 0.29) is 11.8 Å². The maximum absolute atomic E-state index is 12.0. The predicted octanol–water partition coefficient (Wildman–Crippen LogP) is 1.66. The third-order valence-corrected chi connectivity index (χ3v) is 3.11. The van der Waals surface area contributed by atoms with Crippen LogP contribution in [0.1, 0.15) is 32.6 Å². The molecule has 0 aromatic rings. The third kappa shape index (κ3) is 2.84. The predicted molar refractivity (Wildman–Crippen MR) is 61.0 cm³/mol. The van der Waals surface area contributed by atoms with Crippen LogP contribution in [-0.2, 0) is 9.59 Å². The van der Waals surface area contributed by atoms with Gasteiger partial charge in [0.2, 0.25) is 5.91 Å². The van der Waals surface area contributed by atoms with E-state index in [0.717, 1.165) is 19.3 Å². The van der Waals surface area contributed by atoms with Crippen LogP contribution in [0.3, 0.4) is 0 Å². The van der Waals surface area contributed by atoms with Crippen molar-refractivity contribution in [3.05, 3.63) is 12.2 Å². The lowest BCUT2D eigenvalue weighted by atomic mass is 9.92. The molecule has 0 saturated heterocycles. The van der Waals surface area contributed by atoms with Gasteiger partial charge in [-0.25, -0.2) is 4.79 Å². The summed E-state index contributed by atoms with van der Waals surface area (Å²) in [5, 5.41) is 8.98. The third-order valence-electron chi connectivity index (χ3n) is 3.11. The highest BCUT2D eigenvalue weighted by Crippen LogP contribution is 2.21. The Bertz CT molecular complexity index is 299. The fourth-order valence-corrected chi connectivity index (χ4v) is 2.07. The van der Waals surface area contributed by atoms with Crippen LogP contribution in [0.15, 0.2) is 12.2 Å². The largest absolute Gasteiger partial charge is 0.480 e. The van der Waals surface area contributed by atoms with E-state index in [2.05, 4.69) is 6.08 Å². The first-order chi connectivity index (χ1) is 7.57. The molecule has 1 N–H and O–H groups in total. The molecule has 0 heterocycles. The van der Waals surface area contributed by atoms with Gasteiger partial charge in [-0.3, -0.25) is 4.79 Å². The van der Waals surface area contributed by atoms with Gasteiger partial charge in [0, 0.05) is 13.0 Å². The number of nitrogens with zero attached hydrogens (tertiary/aromatic N) is 1. The summed E-state index contributed by atoms with van der Waals surface area (Å²) >= 11 is 0. The van der Waals surface area contributed by atoms with Crippen molar-refractivity contribution in [2.24, 2.45) is 5.92 Å². The van der Waals surface area contributed by atoms with Crippen molar-refractivity contribution < 1.29 is 14.7 Å². The molecular weight excluding hydrogens is 206 g/mol. The van der Waals surface area contributed by atoms with Gasteiger partial charge in [0.25, 0.3) is 0 Å². The standard InChI is InChI=1S/C12H19NO3/c1-3-10(12(15)16)13(2)11(14)9-7-5-4-6-8-9/h4-5,9-10H,3,6-8H2,1-2H3,(H,15,16). The van der Waals surface area contributed by atoms with Crippen LogP contribution in [0.25, 0.3) is 0 Å². The summed E-state index contributed by atoms with van der Waals surface area (Å²) in [4.78, 5) is 24.4. The lowest BCUT2D eigenvalue weighted by molar-refractivity contribution is -0.150. The van der Waals surface area contributed by atoms with Gasteiger partial charge in [-0.15, -0.1) is 0 Å². The Kier molecular flexibility index (Phi) is 4.52. The highest BCUT2D eigenvalue weighted by Gasteiger charge is 2.29. The number of allylic oxidation sites excluding steroid dienone is 2. The molecule has 1 rings (SSSR count). The average molecular weight is 225 g/mol. The van der Waals surface area contributed by atoms with Crippen molar-refractivity contribution in [1.29, 1.82) is 0 Å². The molecule has 0 aromatic carbocycles. The minimum Gasteiger partial charge on any atom is -0.480 e. The molecule has 0 radical (unpaired) electrons. The number of aliphatic carboxylic acids is 1. The van der Waals surface area contributed by atoms with E-state index < -0.39 is 12.0 Å². The second-order valence-corrected chi connectivity index (χ2v) is 4.19. The second-order valence-electron chi connectivity index (χ2n) is 4.19. The maximum atomic E-state index is 12.0. The molecule has 90 valence electrons.